The van der Waals surface area contributed by atoms with Gasteiger partial charge in [-0.05, 0) is 55.8 Å². The largest absolute Gasteiger partial charge is 0.434 e. The number of imidazole rings is 1. The number of carbonyl (C=O) groups is 1. The van der Waals surface area contributed by atoms with Crippen LogP contribution in [0, 0.1) is 0 Å². The number of carbonyl (C=O) groups excluding carboxylic acids is 1. The number of amides is 1. The van der Waals surface area contributed by atoms with E-state index in [1.165, 1.54) is 35.6 Å². The maximum absolute atomic E-state index is 12.9. The number of hydrogen-bond acceptors (Lipinski definition) is 3. The summed E-state index contributed by atoms with van der Waals surface area (Å²) < 4.78 is 39.9. The summed E-state index contributed by atoms with van der Waals surface area (Å²) >= 11 is 0. The van der Waals surface area contributed by atoms with Gasteiger partial charge in [0.2, 0.25) is 0 Å². The Bertz CT molecular complexity index is 989. The van der Waals surface area contributed by atoms with E-state index in [1.54, 1.807) is 12.1 Å². The van der Waals surface area contributed by atoms with Gasteiger partial charge in [0, 0.05) is 24.6 Å². The van der Waals surface area contributed by atoms with Crippen LogP contribution in [0.15, 0.2) is 48.8 Å². The molecule has 1 aliphatic rings. The molecule has 1 amide bonds. The number of nitrogens with zero attached hydrogens (tertiary/aromatic N) is 3. The van der Waals surface area contributed by atoms with Crippen LogP contribution in [0.4, 0.5) is 18.9 Å². The molecule has 2 aromatic heterocycles. The van der Waals surface area contributed by atoms with Crippen molar-refractivity contribution in [2.75, 3.05) is 18.4 Å². The van der Waals surface area contributed by atoms with Gasteiger partial charge in [0.05, 0.1) is 5.56 Å². The van der Waals surface area contributed by atoms with E-state index >= 15 is 0 Å². The molecule has 0 aliphatic carbocycles. The van der Waals surface area contributed by atoms with Crippen molar-refractivity contribution in [3.05, 3.63) is 65.6 Å². The number of halogens is 3. The van der Waals surface area contributed by atoms with E-state index in [2.05, 4.69) is 15.2 Å². The second kappa shape index (κ2) is 7.27. The first-order chi connectivity index (χ1) is 13.4. The number of alkyl halides is 3. The minimum absolute atomic E-state index is 0.0296. The van der Waals surface area contributed by atoms with Crippen molar-refractivity contribution in [3.63, 3.8) is 0 Å². The van der Waals surface area contributed by atoms with Crippen molar-refractivity contribution >= 4 is 17.2 Å². The minimum atomic E-state index is -4.56. The van der Waals surface area contributed by atoms with Crippen LogP contribution in [0.2, 0.25) is 0 Å². The number of fused-ring (bicyclic) bond motifs is 1. The summed E-state index contributed by atoms with van der Waals surface area (Å²) in [7, 11) is 0. The molecule has 0 radical (unpaired) electrons. The first-order valence-corrected chi connectivity index (χ1v) is 9.08. The molecule has 0 bridgehead atoms. The fraction of sp³-hybridized carbons (Fsp3) is 0.300. The number of likely N-dealkylation sites (tertiary alicyclic amines) is 1. The van der Waals surface area contributed by atoms with E-state index in [0.717, 1.165) is 31.4 Å². The van der Waals surface area contributed by atoms with Crippen LogP contribution >= 0.6 is 0 Å². The molecule has 146 valence electrons. The van der Waals surface area contributed by atoms with Crippen molar-refractivity contribution in [2.45, 2.75) is 25.6 Å². The van der Waals surface area contributed by atoms with Crippen molar-refractivity contribution in [1.29, 1.82) is 0 Å². The Labute approximate surface area is 159 Å². The van der Waals surface area contributed by atoms with Gasteiger partial charge in [0.1, 0.15) is 5.65 Å². The Balaban J connectivity index is 1.51. The van der Waals surface area contributed by atoms with Crippen molar-refractivity contribution in [1.82, 2.24) is 14.3 Å². The molecule has 0 unspecified atom stereocenters. The van der Waals surface area contributed by atoms with Crippen LogP contribution in [-0.2, 0) is 12.7 Å². The second-order valence-corrected chi connectivity index (χ2v) is 6.91. The van der Waals surface area contributed by atoms with Crippen LogP contribution in [0.25, 0.3) is 5.65 Å². The maximum Gasteiger partial charge on any atom is 0.434 e. The van der Waals surface area contributed by atoms with Crippen LogP contribution in [0.1, 0.15) is 34.5 Å². The minimum Gasteiger partial charge on any atom is -0.322 e. The van der Waals surface area contributed by atoms with E-state index in [-0.39, 0.29) is 11.2 Å². The summed E-state index contributed by atoms with van der Waals surface area (Å²) in [6.45, 7) is 3.08. The molecule has 3 heterocycles. The Kier molecular flexibility index (Phi) is 4.80. The van der Waals surface area contributed by atoms with Crippen LogP contribution in [0.5, 0.6) is 0 Å². The van der Waals surface area contributed by atoms with Gasteiger partial charge < -0.3 is 9.72 Å². The van der Waals surface area contributed by atoms with Crippen molar-refractivity contribution in [2.24, 2.45) is 0 Å². The lowest BCUT2D eigenvalue weighted by Gasteiger charge is -2.14. The first kappa shape index (κ1) is 18.5. The number of benzene rings is 1. The Morgan fingerprint density at radius 3 is 2.50 bits per heavy atom. The summed E-state index contributed by atoms with van der Waals surface area (Å²) in [5, 5.41) is 2.73. The third-order valence-electron chi connectivity index (χ3n) is 4.83. The SMILES string of the molecule is O=C(Nc1ccc(CN2CCCC2)cc1)c1cccn2cc(C(F)(F)F)nc12. The van der Waals surface area contributed by atoms with Gasteiger partial charge in [0.15, 0.2) is 5.69 Å². The maximum atomic E-state index is 12.9. The molecule has 1 fully saturated rings. The molecular formula is C20H19F3N4O. The molecule has 4 rings (SSSR count). The molecule has 8 heteroatoms. The average Bonchev–Trinajstić information content (AvgIpc) is 3.32. The van der Waals surface area contributed by atoms with E-state index in [9.17, 15) is 18.0 Å². The fourth-order valence-corrected chi connectivity index (χ4v) is 3.42. The fourth-order valence-electron chi connectivity index (χ4n) is 3.42. The number of nitrogens with one attached hydrogen (secondary N) is 1. The van der Waals surface area contributed by atoms with Gasteiger partial charge in [-0.25, -0.2) is 4.98 Å². The predicted molar refractivity (Wildman–Crippen MR) is 99.1 cm³/mol. The van der Waals surface area contributed by atoms with Crippen molar-refractivity contribution < 1.29 is 18.0 Å². The topological polar surface area (TPSA) is 49.6 Å². The molecule has 0 saturated carbocycles. The van der Waals surface area contributed by atoms with E-state index in [4.69, 9.17) is 0 Å². The molecule has 5 nitrogen and oxygen atoms in total. The zero-order valence-electron chi connectivity index (χ0n) is 15.0. The smallest absolute Gasteiger partial charge is 0.322 e. The number of anilines is 1. The number of aromatic nitrogens is 2. The van der Waals surface area contributed by atoms with E-state index in [1.807, 2.05) is 12.1 Å². The normalized spacial score (nSPS) is 15.2. The van der Waals surface area contributed by atoms with Crippen molar-refractivity contribution in [3.8, 4) is 0 Å². The third-order valence-corrected chi connectivity index (χ3v) is 4.83. The summed E-state index contributed by atoms with van der Waals surface area (Å²) in [4.78, 5) is 18.6. The van der Waals surface area contributed by atoms with Crippen LogP contribution in [-0.4, -0.2) is 33.3 Å². The summed E-state index contributed by atoms with van der Waals surface area (Å²) in [6, 6.07) is 10.5. The van der Waals surface area contributed by atoms with Gasteiger partial charge in [0.25, 0.3) is 5.91 Å². The summed E-state index contributed by atoms with van der Waals surface area (Å²) in [5.74, 6) is -0.503. The zero-order chi connectivity index (χ0) is 19.7. The summed E-state index contributed by atoms with van der Waals surface area (Å²) in [6.07, 6.45) is 0.193. The molecule has 1 saturated heterocycles. The van der Waals surface area contributed by atoms with Gasteiger partial charge in [-0.3, -0.25) is 9.69 Å². The van der Waals surface area contributed by atoms with E-state index < -0.39 is 17.8 Å². The van der Waals surface area contributed by atoms with Crippen LogP contribution < -0.4 is 5.32 Å². The number of rotatable bonds is 4. The van der Waals surface area contributed by atoms with Gasteiger partial charge >= 0.3 is 6.18 Å². The lowest BCUT2D eigenvalue weighted by atomic mass is 10.2. The lowest BCUT2D eigenvalue weighted by molar-refractivity contribution is -0.140. The highest BCUT2D eigenvalue weighted by Crippen LogP contribution is 2.29. The molecule has 0 atom stereocenters. The lowest BCUT2D eigenvalue weighted by Crippen LogP contribution is -2.18. The number of pyridine rings is 1. The van der Waals surface area contributed by atoms with Crippen LogP contribution in [0.3, 0.4) is 0 Å². The van der Waals surface area contributed by atoms with Gasteiger partial charge in [-0.1, -0.05) is 12.1 Å². The molecule has 28 heavy (non-hydrogen) atoms. The highest BCUT2D eigenvalue weighted by Gasteiger charge is 2.34. The molecule has 3 aromatic rings. The summed E-state index contributed by atoms with van der Waals surface area (Å²) in [5.41, 5.74) is 0.765. The first-order valence-electron chi connectivity index (χ1n) is 9.08. The zero-order valence-corrected chi connectivity index (χ0v) is 15.0. The van der Waals surface area contributed by atoms with Gasteiger partial charge in [-0.15, -0.1) is 0 Å². The highest BCUT2D eigenvalue weighted by molar-refractivity contribution is 6.08. The van der Waals surface area contributed by atoms with Gasteiger partial charge in [-0.2, -0.15) is 13.2 Å². The quantitative estimate of drug-likeness (QED) is 0.729. The molecular weight excluding hydrogens is 369 g/mol. The molecule has 1 N–H and O–H groups in total. The molecule has 1 aromatic carbocycles. The predicted octanol–water partition coefficient (Wildman–Crippen LogP) is 4.20. The third kappa shape index (κ3) is 3.87. The standard InChI is InChI=1S/C20H19F3N4O/c21-20(22,23)17-13-27-11-3-4-16(18(27)25-17)19(28)24-15-7-5-14(6-8-15)12-26-9-1-2-10-26/h3-8,11,13H,1-2,9-10,12H2,(H,24,28). The molecule has 0 spiro atoms. The monoisotopic (exact) mass is 388 g/mol. The molecule has 1 aliphatic heterocycles. The Hall–Kier alpha value is -2.87. The highest BCUT2D eigenvalue weighted by atomic mass is 19.4. The Morgan fingerprint density at radius 1 is 1.11 bits per heavy atom. The second-order valence-electron chi connectivity index (χ2n) is 6.91. The average molecular weight is 388 g/mol. The Morgan fingerprint density at radius 2 is 1.82 bits per heavy atom. The number of hydrogen-bond donors (Lipinski definition) is 1. The van der Waals surface area contributed by atoms with E-state index in [0.29, 0.717) is 5.69 Å².